The SMILES string of the molecule is FC=Cc1c(F)c(F)c(F)c(F)c1F. The standard InChI is InChI=1S/C8H2F6/c9-2-1-3-4(10)6(12)8(14)7(13)5(3)11/h1-2H. The van der Waals surface area contributed by atoms with E-state index in [0.717, 1.165) is 0 Å². The van der Waals surface area contributed by atoms with E-state index >= 15 is 0 Å². The molecule has 1 rings (SSSR count). The van der Waals surface area contributed by atoms with Crippen LogP contribution in [0.1, 0.15) is 5.56 Å². The molecule has 0 saturated heterocycles. The molecule has 14 heavy (non-hydrogen) atoms. The van der Waals surface area contributed by atoms with Gasteiger partial charge < -0.3 is 0 Å². The van der Waals surface area contributed by atoms with Crippen molar-refractivity contribution in [3.63, 3.8) is 0 Å². The topological polar surface area (TPSA) is 0 Å². The highest BCUT2D eigenvalue weighted by molar-refractivity contribution is 5.50. The number of halogens is 6. The van der Waals surface area contributed by atoms with Crippen molar-refractivity contribution < 1.29 is 26.3 Å². The van der Waals surface area contributed by atoms with Crippen LogP contribution in [0.25, 0.3) is 6.08 Å². The first kappa shape index (κ1) is 10.6. The van der Waals surface area contributed by atoms with Crippen LogP contribution in [0.2, 0.25) is 0 Å². The number of rotatable bonds is 1. The van der Waals surface area contributed by atoms with Gasteiger partial charge in [-0.15, -0.1) is 0 Å². The van der Waals surface area contributed by atoms with Crippen molar-refractivity contribution in [1.82, 2.24) is 0 Å². The average molecular weight is 212 g/mol. The molecule has 0 amide bonds. The van der Waals surface area contributed by atoms with Crippen LogP contribution in [0, 0.1) is 29.1 Å². The Morgan fingerprint density at radius 2 is 1.00 bits per heavy atom. The summed E-state index contributed by atoms with van der Waals surface area (Å²) in [5, 5.41) is 0. The molecule has 0 aliphatic carbocycles. The molecule has 0 spiro atoms. The van der Waals surface area contributed by atoms with Gasteiger partial charge >= 0.3 is 0 Å². The zero-order chi connectivity index (χ0) is 10.9. The zero-order valence-corrected chi connectivity index (χ0v) is 6.42. The molecule has 76 valence electrons. The van der Waals surface area contributed by atoms with Gasteiger partial charge in [0.2, 0.25) is 5.82 Å². The molecule has 0 radical (unpaired) electrons. The van der Waals surface area contributed by atoms with Crippen LogP contribution in [0.15, 0.2) is 6.33 Å². The molecule has 0 heterocycles. The predicted octanol–water partition coefficient (Wildman–Crippen LogP) is 3.32. The maximum atomic E-state index is 12.7. The predicted molar refractivity (Wildman–Crippen MR) is 36.4 cm³/mol. The van der Waals surface area contributed by atoms with E-state index in [0.29, 0.717) is 0 Å². The summed E-state index contributed by atoms with van der Waals surface area (Å²) in [6.07, 6.45) is -0.172. The summed E-state index contributed by atoms with van der Waals surface area (Å²) in [7, 11) is 0. The second kappa shape index (κ2) is 3.73. The van der Waals surface area contributed by atoms with Gasteiger partial charge in [-0.2, -0.15) is 0 Å². The van der Waals surface area contributed by atoms with Gasteiger partial charge in [-0.05, 0) is 6.08 Å². The van der Waals surface area contributed by atoms with E-state index in [2.05, 4.69) is 0 Å². The molecule has 0 aromatic heterocycles. The Morgan fingerprint density at radius 3 is 1.36 bits per heavy atom. The summed E-state index contributed by atoms with van der Waals surface area (Å²) in [6.45, 7) is 0. The fourth-order valence-corrected chi connectivity index (χ4v) is 0.831. The minimum atomic E-state index is -2.27. The van der Waals surface area contributed by atoms with Crippen LogP contribution < -0.4 is 0 Å². The van der Waals surface area contributed by atoms with Gasteiger partial charge in [0.15, 0.2) is 23.3 Å². The normalized spacial score (nSPS) is 11.3. The molecule has 0 aliphatic heterocycles. The van der Waals surface area contributed by atoms with Crippen LogP contribution in [0.4, 0.5) is 26.3 Å². The number of benzene rings is 1. The summed E-state index contributed by atoms with van der Waals surface area (Å²) >= 11 is 0. The van der Waals surface area contributed by atoms with E-state index < -0.39 is 34.6 Å². The van der Waals surface area contributed by atoms with Crippen molar-refractivity contribution in [3.05, 3.63) is 41.0 Å². The van der Waals surface area contributed by atoms with E-state index in [4.69, 9.17) is 0 Å². The first-order valence-corrected chi connectivity index (χ1v) is 3.29. The molecule has 0 saturated carbocycles. The Balaban J connectivity index is 3.59. The van der Waals surface area contributed by atoms with Crippen LogP contribution in [-0.2, 0) is 0 Å². The fraction of sp³-hybridized carbons (Fsp3) is 0. The number of hydrogen-bond acceptors (Lipinski definition) is 0. The van der Waals surface area contributed by atoms with Crippen molar-refractivity contribution in [2.24, 2.45) is 0 Å². The summed E-state index contributed by atoms with van der Waals surface area (Å²) in [4.78, 5) is 0. The molecule has 1 aromatic rings. The molecular formula is C8H2F6. The summed E-state index contributed by atoms with van der Waals surface area (Å²) in [5.41, 5.74) is -1.30. The largest absolute Gasteiger partial charge is 0.216 e. The molecule has 1 aromatic carbocycles. The zero-order valence-electron chi connectivity index (χ0n) is 6.42. The molecule has 0 fully saturated rings. The highest BCUT2D eigenvalue weighted by Crippen LogP contribution is 2.23. The minimum Gasteiger partial charge on any atom is -0.216 e. The maximum absolute atomic E-state index is 12.7. The second-order valence-corrected chi connectivity index (χ2v) is 2.28. The molecule has 6 heteroatoms. The average Bonchev–Trinajstić information content (AvgIpc) is 2.19. The van der Waals surface area contributed by atoms with E-state index in [1.165, 1.54) is 0 Å². The Kier molecular flexibility index (Phi) is 2.83. The van der Waals surface area contributed by atoms with Crippen molar-refractivity contribution in [1.29, 1.82) is 0 Å². The third-order valence-electron chi connectivity index (χ3n) is 1.47. The quantitative estimate of drug-likeness (QED) is 0.380. The first-order chi connectivity index (χ1) is 6.50. The number of hydrogen-bond donors (Lipinski definition) is 0. The van der Waals surface area contributed by atoms with Gasteiger partial charge in [0.1, 0.15) is 0 Å². The van der Waals surface area contributed by atoms with Crippen LogP contribution in [-0.4, -0.2) is 0 Å². The second-order valence-electron chi connectivity index (χ2n) is 2.28. The first-order valence-electron chi connectivity index (χ1n) is 3.29. The Hall–Kier alpha value is -1.46. The van der Waals surface area contributed by atoms with E-state index in [9.17, 15) is 26.3 Å². The minimum absolute atomic E-state index is 0.149. The van der Waals surface area contributed by atoms with Crippen molar-refractivity contribution >= 4 is 6.08 Å². The van der Waals surface area contributed by atoms with Crippen LogP contribution >= 0.6 is 0 Å². The fourth-order valence-electron chi connectivity index (χ4n) is 0.831. The summed E-state index contributed by atoms with van der Waals surface area (Å²) < 4.78 is 74.1. The lowest BCUT2D eigenvalue weighted by molar-refractivity contribution is 0.376. The highest BCUT2D eigenvalue weighted by atomic mass is 19.2. The van der Waals surface area contributed by atoms with Crippen molar-refractivity contribution in [2.75, 3.05) is 0 Å². The van der Waals surface area contributed by atoms with E-state index in [1.54, 1.807) is 0 Å². The summed E-state index contributed by atoms with van der Waals surface area (Å²) in [5.74, 6) is -10.6. The third-order valence-corrected chi connectivity index (χ3v) is 1.47. The summed E-state index contributed by atoms with van der Waals surface area (Å²) in [6, 6.07) is 0. The van der Waals surface area contributed by atoms with E-state index in [-0.39, 0.29) is 12.4 Å². The van der Waals surface area contributed by atoms with Crippen molar-refractivity contribution in [3.8, 4) is 0 Å². The molecule has 0 bridgehead atoms. The smallest absolute Gasteiger partial charge is 0.200 e. The molecule has 0 nitrogen and oxygen atoms in total. The van der Waals surface area contributed by atoms with Gasteiger partial charge in [-0.25, -0.2) is 26.3 Å². The van der Waals surface area contributed by atoms with E-state index in [1.807, 2.05) is 0 Å². The van der Waals surface area contributed by atoms with Crippen molar-refractivity contribution in [2.45, 2.75) is 0 Å². The van der Waals surface area contributed by atoms with Gasteiger partial charge in [0.25, 0.3) is 0 Å². The molecule has 0 unspecified atom stereocenters. The van der Waals surface area contributed by atoms with Gasteiger partial charge in [-0.1, -0.05) is 0 Å². The van der Waals surface area contributed by atoms with Gasteiger partial charge in [0.05, 0.1) is 11.9 Å². The lowest BCUT2D eigenvalue weighted by Gasteiger charge is -2.03. The molecule has 0 N–H and O–H groups in total. The molecule has 0 aliphatic rings. The lowest BCUT2D eigenvalue weighted by Crippen LogP contribution is -2.03. The molecule has 0 atom stereocenters. The lowest BCUT2D eigenvalue weighted by atomic mass is 10.1. The third kappa shape index (κ3) is 1.47. The van der Waals surface area contributed by atoms with Gasteiger partial charge in [-0.3, -0.25) is 0 Å². The monoisotopic (exact) mass is 212 g/mol. The Bertz CT molecular complexity index is 366. The molecular weight excluding hydrogens is 210 g/mol. The van der Waals surface area contributed by atoms with Gasteiger partial charge in [0, 0.05) is 0 Å². The highest BCUT2D eigenvalue weighted by Gasteiger charge is 2.23. The van der Waals surface area contributed by atoms with Crippen LogP contribution in [0.5, 0.6) is 0 Å². The maximum Gasteiger partial charge on any atom is 0.200 e. The van der Waals surface area contributed by atoms with Crippen LogP contribution in [0.3, 0.4) is 0 Å². The Morgan fingerprint density at radius 1 is 0.643 bits per heavy atom. The Labute approximate surface area is 74.5 Å².